The molecule has 42 heavy (non-hydrogen) atoms. The number of alkyl halides is 3. The average molecular weight is 640 g/mol. The zero-order valence-corrected chi connectivity index (χ0v) is 25.4. The molecule has 0 spiro atoms. The van der Waals surface area contributed by atoms with Crippen LogP contribution in [0.4, 0.5) is 13.2 Å². The Hall–Kier alpha value is -2.98. The smallest absolute Gasteiger partial charge is 0.496 e. The number of carbonyl (C=O) groups is 1. The summed E-state index contributed by atoms with van der Waals surface area (Å²) in [6, 6.07) is 19.4. The molecule has 1 saturated carbocycles. The molecule has 1 amide bonds. The number of fused-ring (bicyclic) bond motifs is 1. The highest BCUT2D eigenvalue weighted by molar-refractivity contribution is 7.21. The van der Waals surface area contributed by atoms with E-state index >= 15 is 0 Å². The lowest BCUT2D eigenvalue weighted by molar-refractivity contribution is -0.274. The van der Waals surface area contributed by atoms with Gasteiger partial charge in [0.2, 0.25) is 0 Å². The molecule has 4 aromatic rings. The second kappa shape index (κ2) is 13.5. The van der Waals surface area contributed by atoms with Gasteiger partial charge in [0.05, 0.1) is 12.1 Å². The van der Waals surface area contributed by atoms with E-state index in [2.05, 4.69) is 10.1 Å². The standard InChI is InChI=1S/C31H30ClF3N2O3S.ClH/c1-36-22-10-12-23(13-11-22)37(30(38)29-28(32)25-5-3-4-6-27(25)41-29)18-21-17-20(9-16-26(21)39-2)19-7-14-24(15-8-19)40-31(33,34)35;/h3-9,14-17,22-23,36H,10-13,18H2,1-2H3;1H. The Labute approximate surface area is 258 Å². The number of nitrogens with one attached hydrogen (secondary N) is 1. The summed E-state index contributed by atoms with van der Waals surface area (Å²) < 4.78 is 48.5. The number of thiophene rings is 1. The summed E-state index contributed by atoms with van der Waals surface area (Å²) in [4.78, 5) is 16.6. The normalized spacial score (nSPS) is 17.0. The Bertz CT molecular complexity index is 1520. The SMILES string of the molecule is CNC1CCC(N(Cc2cc(-c3ccc(OC(F)(F)F)cc3)ccc2OC)C(=O)c2sc3ccccc3c2Cl)CC1.Cl. The lowest BCUT2D eigenvalue weighted by Gasteiger charge is -2.37. The van der Waals surface area contributed by atoms with Crippen molar-refractivity contribution in [2.75, 3.05) is 14.2 Å². The number of carbonyl (C=O) groups excluding carboxylic acids is 1. The van der Waals surface area contributed by atoms with Crippen molar-refractivity contribution in [3.63, 3.8) is 0 Å². The molecule has 1 fully saturated rings. The summed E-state index contributed by atoms with van der Waals surface area (Å²) in [5.41, 5.74) is 2.29. The van der Waals surface area contributed by atoms with Crippen molar-refractivity contribution in [3.05, 3.63) is 82.2 Å². The van der Waals surface area contributed by atoms with Crippen molar-refractivity contribution >= 4 is 51.3 Å². The van der Waals surface area contributed by atoms with Crippen LogP contribution in [0.1, 0.15) is 40.9 Å². The van der Waals surface area contributed by atoms with Gasteiger partial charge in [0, 0.05) is 34.3 Å². The van der Waals surface area contributed by atoms with Crippen LogP contribution in [0.15, 0.2) is 66.7 Å². The van der Waals surface area contributed by atoms with Crippen molar-refractivity contribution in [3.8, 4) is 22.6 Å². The fourth-order valence-electron chi connectivity index (χ4n) is 5.44. The van der Waals surface area contributed by atoms with Crippen LogP contribution in [0, 0.1) is 0 Å². The molecular weight excluding hydrogens is 608 g/mol. The summed E-state index contributed by atoms with van der Waals surface area (Å²) in [5, 5.41) is 4.67. The molecule has 0 aliphatic heterocycles. The first-order valence-electron chi connectivity index (χ1n) is 13.3. The number of rotatable bonds is 8. The summed E-state index contributed by atoms with van der Waals surface area (Å²) in [5.74, 6) is 0.212. The molecule has 0 atom stereocenters. The molecule has 11 heteroatoms. The van der Waals surface area contributed by atoms with Gasteiger partial charge in [-0.2, -0.15) is 0 Å². The van der Waals surface area contributed by atoms with Gasteiger partial charge < -0.3 is 19.7 Å². The summed E-state index contributed by atoms with van der Waals surface area (Å²) in [7, 11) is 3.54. The molecule has 0 saturated heterocycles. The molecule has 1 N–H and O–H groups in total. The van der Waals surface area contributed by atoms with Crippen molar-refractivity contribution in [2.24, 2.45) is 0 Å². The van der Waals surface area contributed by atoms with Crippen molar-refractivity contribution in [1.29, 1.82) is 0 Å². The van der Waals surface area contributed by atoms with E-state index in [1.807, 2.05) is 54.4 Å². The molecule has 0 unspecified atom stereocenters. The number of amides is 1. The summed E-state index contributed by atoms with van der Waals surface area (Å²) in [6.07, 6.45) is -1.15. The summed E-state index contributed by atoms with van der Waals surface area (Å²) in [6.45, 7) is 0.296. The van der Waals surface area contributed by atoms with E-state index in [4.69, 9.17) is 16.3 Å². The number of hydrogen-bond acceptors (Lipinski definition) is 5. The molecule has 0 radical (unpaired) electrons. The monoisotopic (exact) mass is 638 g/mol. The zero-order valence-electron chi connectivity index (χ0n) is 23.0. The van der Waals surface area contributed by atoms with Gasteiger partial charge in [0.25, 0.3) is 5.91 Å². The molecule has 3 aromatic carbocycles. The Morgan fingerprint density at radius 1 is 1.02 bits per heavy atom. The molecular formula is C31H31Cl2F3N2O3S. The van der Waals surface area contributed by atoms with Crippen LogP contribution >= 0.6 is 35.3 Å². The topological polar surface area (TPSA) is 50.8 Å². The van der Waals surface area contributed by atoms with Gasteiger partial charge >= 0.3 is 6.36 Å². The average Bonchev–Trinajstić information content (AvgIpc) is 3.31. The van der Waals surface area contributed by atoms with Crippen LogP contribution in [0.3, 0.4) is 0 Å². The number of benzene rings is 3. The van der Waals surface area contributed by atoms with E-state index in [0.29, 0.717) is 33.8 Å². The van der Waals surface area contributed by atoms with Crippen LogP contribution in [0.25, 0.3) is 21.2 Å². The Morgan fingerprint density at radius 3 is 2.31 bits per heavy atom. The van der Waals surface area contributed by atoms with Crippen LogP contribution < -0.4 is 14.8 Å². The first-order chi connectivity index (χ1) is 19.7. The van der Waals surface area contributed by atoms with Crippen LogP contribution in [0.5, 0.6) is 11.5 Å². The second-order valence-corrected chi connectivity index (χ2v) is 11.5. The highest BCUT2D eigenvalue weighted by Gasteiger charge is 2.33. The number of methoxy groups -OCH3 is 1. The molecule has 1 aromatic heterocycles. The number of hydrogen-bond donors (Lipinski definition) is 1. The number of halogens is 5. The van der Waals surface area contributed by atoms with Gasteiger partial charge in [-0.1, -0.05) is 48.0 Å². The maximum absolute atomic E-state index is 14.2. The maximum Gasteiger partial charge on any atom is 0.573 e. The Kier molecular flexibility index (Phi) is 10.3. The highest BCUT2D eigenvalue weighted by Crippen LogP contribution is 2.38. The van der Waals surface area contributed by atoms with Gasteiger partial charge in [0.1, 0.15) is 16.4 Å². The maximum atomic E-state index is 14.2. The molecule has 1 aliphatic carbocycles. The Balaban J connectivity index is 0.00000405. The van der Waals surface area contributed by atoms with E-state index in [-0.39, 0.29) is 30.1 Å². The van der Waals surface area contributed by atoms with Crippen molar-refractivity contribution in [2.45, 2.75) is 50.7 Å². The third-order valence-electron chi connectivity index (χ3n) is 7.58. The van der Waals surface area contributed by atoms with E-state index < -0.39 is 6.36 Å². The van der Waals surface area contributed by atoms with E-state index in [1.165, 1.54) is 23.5 Å². The predicted molar refractivity (Wildman–Crippen MR) is 164 cm³/mol. The minimum atomic E-state index is -4.76. The molecule has 5 nitrogen and oxygen atoms in total. The number of nitrogens with zero attached hydrogens (tertiary/aromatic N) is 1. The minimum absolute atomic E-state index is 0. The lowest BCUT2D eigenvalue weighted by Crippen LogP contribution is -2.44. The quantitative estimate of drug-likeness (QED) is 0.210. The van der Waals surface area contributed by atoms with Gasteiger partial charge in [-0.05, 0) is 74.2 Å². The van der Waals surface area contributed by atoms with Crippen LogP contribution in [0.2, 0.25) is 5.02 Å². The van der Waals surface area contributed by atoms with Crippen LogP contribution in [-0.2, 0) is 6.54 Å². The second-order valence-electron chi connectivity index (χ2n) is 10.1. The summed E-state index contributed by atoms with van der Waals surface area (Å²) >= 11 is 8.14. The molecule has 0 bridgehead atoms. The third-order valence-corrected chi connectivity index (χ3v) is 9.24. The van der Waals surface area contributed by atoms with Crippen molar-refractivity contribution in [1.82, 2.24) is 10.2 Å². The Morgan fingerprint density at radius 2 is 1.69 bits per heavy atom. The van der Waals surface area contributed by atoms with Gasteiger partial charge in [-0.3, -0.25) is 4.79 Å². The first-order valence-corrected chi connectivity index (χ1v) is 14.5. The third kappa shape index (κ3) is 7.14. The highest BCUT2D eigenvalue weighted by atomic mass is 35.5. The van der Waals surface area contributed by atoms with E-state index in [1.54, 1.807) is 19.2 Å². The fourth-order valence-corrected chi connectivity index (χ4v) is 6.91. The van der Waals surface area contributed by atoms with E-state index in [0.717, 1.165) is 46.9 Å². The van der Waals surface area contributed by atoms with Crippen molar-refractivity contribution < 1.29 is 27.4 Å². The first kappa shape index (κ1) is 31.9. The predicted octanol–water partition coefficient (Wildman–Crippen LogP) is 8.72. The molecule has 1 aliphatic rings. The molecule has 1 heterocycles. The minimum Gasteiger partial charge on any atom is -0.496 e. The number of ether oxygens (including phenoxy) is 2. The molecule has 224 valence electrons. The van der Waals surface area contributed by atoms with Gasteiger partial charge in [0.15, 0.2) is 0 Å². The van der Waals surface area contributed by atoms with Crippen LogP contribution in [-0.4, -0.2) is 43.4 Å². The fraction of sp³-hybridized carbons (Fsp3) is 0.323. The molecule has 5 rings (SSSR count). The lowest BCUT2D eigenvalue weighted by atomic mass is 9.89. The largest absolute Gasteiger partial charge is 0.573 e. The van der Waals surface area contributed by atoms with Gasteiger partial charge in [-0.15, -0.1) is 36.9 Å². The van der Waals surface area contributed by atoms with Gasteiger partial charge in [-0.25, -0.2) is 0 Å². The van der Waals surface area contributed by atoms with E-state index in [9.17, 15) is 18.0 Å². The zero-order chi connectivity index (χ0) is 29.1.